The third-order valence-electron chi connectivity index (χ3n) is 5.46. The number of nitrogens with zero attached hydrogens (tertiary/aromatic N) is 1. The van der Waals surface area contributed by atoms with E-state index in [0.29, 0.717) is 5.92 Å². The molecule has 0 spiro atoms. The molecule has 1 aromatic carbocycles. The maximum absolute atomic E-state index is 12.6. The van der Waals surface area contributed by atoms with E-state index in [1.54, 1.807) is 6.20 Å². The van der Waals surface area contributed by atoms with E-state index < -0.39 is 11.5 Å². The molecule has 6 heteroatoms. The summed E-state index contributed by atoms with van der Waals surface area (Å²) in [6.07, 6.45) is 3.71. The molecule has 0 saturated heterocycles. The third kappa shape index (κ3) is 3.60. The Morgan fingerprint density at radius 2 is 1.89 bits per heavy atom. The number of aryl methyl sites for hydroxylation is 2. The Bertz CT molecular complexity index is 1150. The first-order valence-electron chi connectivity index (χ1n) is 9.11. The van der Waals surface area contributed by atoms with Crippen LogP contribution in [-0.4, -0.2) is 17.4 Å². The standard InChI is InChI=1S/C22H22N2O3.K/c1-12-10-15(6-7-19(12)23-3)16-8-9-24-20(13(16)2)17(14-4-5-14)11-18(21(24)25)22(26)27;/h6-11,14,23H,4-5H2,1-3H3,(H,26,27);/q;+1/p-1. The van der Waals surface area contributed by atoms with Gasteiger partial charge in [0.1, 0.15) is 0 Å². The van der Waals surface area contributed by atoms with Gasteiger partial charge >= 0.3 is 51.4 Å². The molecule has 2 heterocycles. The van der Waals surface area contributed by atoms with Crippen LogP contribution in [0.15, 0.2) is 41.3 Å². The van der Waals surface area contributed by atoms with Crippen LogP contribution in [0.3, 0.4) is 0 Å². The van der Waals surface area contributed by atoms with Gasteiger partial charge in [-0.05, 0) is 84.7 Å². The van der Waals surface area contributed by atoms with Gasteiger partial charge in [0.2, 0.25) is 0 Å². The fourth-order valence-electron chi connectivity index (χ4n) is 3.87. The first-order valence-corrected chi connectivity index (χ1v) is 9.11. The van der Waals surface area contributed by atoms with E-state index in [4.69, 9.17) is 0 Å². The molecule has 1 aliphatic rings. The van der Waals surface area contributed by atoms with Gasteiger partial charge in [-0.3, -0.25) is 9.20 Å². The molecule has 1 saturated carbocycles. The summed E-state index contributed by atoms with van der Waals surface area (Å²) in [5.74, 6) is -1.11. The first-order chi connectivity index (χ1) is 12.9. The largest absolute Gasteiger partial charge is 1.00 e. The Kier molecular flexibility index (Phi) is 6.17. The molecule has 1 fully saturated rings. The van der Waals surface area contributed by atoms with Crippen LogP contribution in [-0.2, 0) is 0 Å². The number of hydrogen-bond donors (Lipinski definition) is 1. The van der Waals surface area contributed by atoms with Gasteiger partial charge in [0, 0.05) is 18.9 Å². The van der Waals surface area contributed by atoms with Gasteiger partial charge in [-0.15, -0.1) is 0 Å². The summed E-state index contributed by atoms with van der Waals surface area (Å²) in [7, 11) is 1.90. The van der Waals surface area contributed by atoms with Crippen molar-refractivity contribution in [1.29, 1.82) is 0 Å². The van der Waals surface area contributed by atoms with Crippen molar-refractivity contribution in [3.63, 3.8) is 0 Å². The number of pyridine rings is 2. The summed E-state index contributed by atoms with van der Waals surface area (Å²) in [5.41, 5.74) is 6.26. The molecule has 1 N–H and O–H groups in total. The van der Waals surface area contributed by atoms with Gasteiger partial charge in [0.05, 0.1) is 17.0 Å². The first kappa shape index (κ1) is 21.3. The van der Waals surface area contributed by atoms with Gasteiger partial charge < -0.3 is 15.2 Å². The molecule has 1 aliphatic carbocycles. The zero-order chi connectivity index (χ0) is 19.3. The van der Waals surface area contributed by atoms with E-state index in [1.807, 2.05) is 26.1 Å². The van der Waals surface area contributed by atoms with Crippen molar-refractivity contribution in [3.8, 4) is 11.1 Å². The number of aromatic carboxylic acids is 1. The van der Waals surface area contributed by atoms with E-state index in [2.05, 4.69) is 24.4 Å². The molecule has 28 heavy (non-hydrogen) atoms. The SMILES string of the molecule is CNc1ccc(-c2ccn3c(=O)c(C(=O)[O-])cc(C4CC4)c3c2C)cc1C.[K+]. The molecule has 0 bridgehead atoms. The number of anilines is 1. The molecule has 0 aliphatic heterocycles. The van der Waals surface area contributed by atoms with Crippen molar-refractivity contribution in [2.24, 2.45) is 0 Å². The third-order valence-corrected chi connectivity index (χ3v) is 5.46. The Labute approximate surface area is 206 Å². The van der Waals surface area contributed by atoms with Crippen LogP contribution in [0, 0.1) is 13.8 Å². The van der Waals surface area contributed by atoms with Crippen LogP contribution in [0.4, 0.5) is 5.69 Å². The number of nitrogens with one attached hydrogen (secondary N) is 1. The number of carboxylic acid groups (broad SMARTS) is 1. The second-order valence-corrected chi connectivity index (χ2v) is 7.23. The molecular weight excluding hydrogens is 379 g/mol. The van der Waals surface area contributed by atoms with Crippen molar-refractivity contribution in [2.75, 3.05) is 12.4 Å². The zero-order valence-corrected chi connectivity index (χ0v) is 19.8. The number of carbonyl (C=O) groups is 1. The Morgan fingerprint density at radius 1 is 1.18 bits per heavy atom. The van der Waals surface area contributed by atoms with Gasteiger partial charge in [-0.1, -0.05) is 6.07 Å². The summed E-state index contributed by atoms with van der Waals surface area (Å²) >= 11 is 0. The van der Waals surface area contributed by atoms with E-state index in [1.165, 1.54) is 10.5 Å². The van der Waals surface area contributed by atoms with Gasteiger partial charge in [0.25, 0.3) is 5.56 Å². The van der Waals surface area contributed by atoms with Crippen LogP contribution in [0.1, 0.15) is 45.8 Å². The van der Waals surface area contributed by atoms with Crippen LogP contribution in [0.5, 0.6) is 0 Å². The normalized spacial score (nSPS) is 13.2. The predicted molar refractivity (Wildman–Crippen MR) is 104 cm³/mol. The fraction of sp³-hybridized carbons (Fsp3) is 0.273. The van der Waals surface area contributed by atoms with Crippen molar-refractivity contribution >= 4 is 17.2 Å². The number of carbonyl (C=O) groups excluding carboxylic acids is 1. The van der Waals surface area contributed by atoms with Crippen LogP contribution in [0.25, 0.3) is 16.6 Å². The summed E-state index contributed by atoms with van der Waals surface area (Å²) in [5, 5.41) is 14.6. The topological polar surface area (TPSA) is 73.6 Å². The minimum Gasteiger partial charge on any atom is -0.545 e. The molecule has 5 nitrogen and oxygen atoms in total. The molecule has 4 rings (SSSR count). The number of aromatic nitrogens is 1. The second-order valence-electron chi connectivity index (χ2n) is 7.23. The van der Waals surface area contributed by atoms with Crippen molar-refractivity contribution in [2.45, 2.75) is 32.6 Å². The average Bonchev–Trinajstić information content (AvgIpc) is 3.47. The molecular formula is C22H21KN2O3. The molecule has 0 unspecified atom stereocenters. The summed E-state index contributed by atoms with van der Waals surface area (Å²) in [4.78, 5) is 24.0. The van der Waals surface area contributed by atoms with E-state index in [0.717, 1.165) is 51.9 Å². The monoisotopic (exact) mass is 400 g/mol. The summed E-state index contributed by atoms with van der Waals surface area (Å²) in [6, 6.07) is 9.63. The van der Waals surface area contributed by atoms with Gasteiger partial charge in [-0.25, -0.2) is 0 Å². The quantitative estimate of drug-likeness (QED) is 0.620. The number of rotatable bonds is 4. The van der Waals surface area contributed by atoms with Crippen molar-refractivity contribution < 1.29 is 61.3 Å². The minimum absolute atomic E-state index is 0. The molecule has 3 aromatic rings. The molecule has 0 atom stereocenters. The molecule has 0 radical (unpaired) electrons. The minimum atomic E-state index is -1.42. The Morgan fingerprint density at radius 3 is 2.46 bits per heavy atom. The van der Waals surface area contributed by atoms with Crippen molar-refractivity contribution in [3.05, 3.63) is 69.1 Å². The fourth-order valence-corrected chi connectivity index (χ4v) is 3.87. The van der Waals surface area contributed by atoms with Crippen LogP contribution < -0.4 is 67.4 Å². The number of carboxylic acids is 1. The van der Waals surface area contributed by atoms with Crippen LogP contribution >= 0.6 is 0 Å². The molecule has 0 amide bonds. The van der Waals surface area contributed by atoms with Crippen LogP contribution in [0.2, 0.25) is 0 Å². The second kappa shape index (κ2) is 8.12. The number of hydrogen-bond acceptors (Lipinski definition) is 4. The van der Waals surface area contributed by atoms with Gasteiger partial charge in [-0.2, -0.15) is 0 Å². The van der Waals surface area contributed by atoms with Gasteiger partial charge in [0.15, 0.2) is 0 Å². The smallest absolute Gasteiger partial charge is 0.545 e. The zero-order valence-electron chi connectivity index (χ0n) is 16.6. The average molecular weight is 401 g/mol. The predicted octanol–water partition coefficient (Wildman–Crippen LogP) is -0.130. The Hall–Kier alpha value is -1.44. The maximum atomic E-state index is 12.6. The van der Waals surface area contributed by atoms with E-state index in [-0.39, 0.29) is 56.9 Å². The van der Waals surface area contributed by atoms with E-state index in [9.17, 15) is 14.7 Å². The number of benzene rings is 1. The van der Waals surface area contributed by atoms with Crippen molar-refractivity contribution in [1.82, 2.24) is 4.40 Å². The number of fused-ring (bicyclic) bond motifs is 1. The maximum Gasteiger partial charge on any atom is 1.00 e. The Balaban J connectivity index is 0.00000225. The summed E-state index contributed by atoms with van der Waals surface area (Å²) in [6.45, 7) is 4.05. The summed E-state index contributed by atoms with van der Waals surface area (Å²) < 4.78 is 1.46. The van der Waals surface area contributed by atoms with E-state index >= 15 is 0 Å². The molecule has 2 aromatic heterocycles. The molecule has 138 valence electrons.